The molecule has 7 nitrogen and oxygen atoms in total. The van der Waals surface area contributed by atoms with Gasteiger partial charge in [0.2, 0.25) is 15.9 Å². The van der Waals surface area contributed by atoms with Crippen LogP contribution in [0.5, 0.6) is 0 Å². The third-order valence-electron chi connectivity index (χ3n) is 4.60. The molecule has 0 aromatic heterocycles. The molecule has 0 aliphatic heterocycles. The average molecular weight is 446 g/mol. The van der Waals surface area contributed by atoms with Crippen molar-refractivity contribution in [2.45, 2.75) is 51.3 Å². The first-order valence-corrected chi connectivity index (χ1v) is 12.1. The van der Waals surface area contributed by atoms with Gasteiger partial charge in [0.1, 0.15) is 0 Å². The summed E-state index contributed by atoms with van der Waals surface area (Å²) in [5.74, 6) is -0.383. The minimum atomic E-state index is -3.56. The van der Waals surface area contributed by atoms with Crippen molar-refractivity contribution >= 4 is 33.2 Å². The summed E-state index contributed by atoms with van der Waals surface area (Å²) in [4.78, 5) is 24.3. The van der Waals surface area contributed by atoms with E-state index in [9.17, 15) is 18.0 Å². The Labute approximate surface area is 184 Å². The summed E-state index contributed by atoms with van der Waals surface area (Å²) >= 11 is 0. The summed E-state index contributed by atoms with van der Waals surface area (Å²) in [6.07, 6.45) is 2.70. The van der Waals surface area contributed by atoms with Crippen LogP contribution in [0.3, 0.4) is 0 Å². The number of sulfonamides is 1. The normalized spacial score (nSPS) is 11.4. The number of benzene rings is 2. The Kier molecular flexibility index (Phi) is 9.21. The molecule has 0 aliphatic rings. The highest BCUT2D eigenvalue weighted by Gasteiger charge is 2.22. The van der Waals surface area contributed by atoms with Gasteiger partial charge in [0.25, 0.3) is 5.91 Å². The molecule has 8 heteroatoms. The Bertz CT molecular complexity index is 965. The monoisotopic (exact) mass is 445 g/mol. The minimum Gasteiger partial charge on any atom is -0.326 e. The number of carbonyl (C=O) groups is 2. The fraction of sp³-hybridized carbons (Fsp3) is 0.391. The van der Waals surface area contributed by atoms with Crippen LogP contribution in [0.1, 0.15) is 56.8 Å². The maximum absolute atomic E-state index is 12.8. The number of amides is 2. The summed E-state index contributed by atoms with van der Waals surface area (Å²) in [5.41, 5.74) is 1.57. The fourth-order valence-electron chi connectivity index (χ4n) is 3.07. The molecular weight excluding hydrogens is 414 g/mol. The number of hydrogen-bond donors (Lipinski definition) is 2. The molecule has 0 atom stereocenters. The van der Waals surface area contributed by atoms with Crippen LogP contribution in [0.25, 0.3) is 0 Å². The van der Waals surface area contributed by atoms with Crippen LogP contribution in [-0.4, -0.2) is 37.6 Å². The molecule has 0 unspecified atom stereocenters. The summed E-state index contributed by atoms with van der Waals surface area (Å²) in [6, 6.07) is 12.8. The zero-order valence-electron chi connectivity index (χ0n) is 18.3. The van der Waals surface area contributed by atoms with Gasteiger partial charge in [-0.2, -0.15) is 4.31 Å². The van der Waals surface area contributed by atoms with E-state index >= 15 is 0 Å². The number of anilines is 2. The summed E-state index contributed by atoms with van der Waals surface area (Å²) < 4.78 is 27.1. The van der Waals surface area contributed by atoms with Crippen molar-refractivity contribution in [2.24, 2.45) is 0 Å². The summed E-state index contributed by atoms with van der Waals surface area (Å²) in [7, 11) is -3.56. The Hall–Kier alpha value is -2.71. The number of nitrogens with one attached hydrogen (secondary N) is 2. The van der Waals surface area contributed by atoms with E-state index in [2.05, 4.69) is 10.6 Å². The molecule has 0 bridgehead atoms. The van der Waals surface area contributed by atoms with Crippen molar-refractivity contribution in [1.29, 1.82) is 0 Å². The van der Waals surface area contributed by atoms with Gasteiger partial charge in [-0.05, 0) is 67.8 Å². The smallest absolute Gasteiger partial charge is 0.255 e. The van der Waals surface area contributed by atoms with Crippen molar-refractivity contribution in [3.8, 4) is 0 Å². The van der Waals surface area contributed by atoms with Gasteiger partial charge in [-0.3, -0.25) is 9.59 Å². The lowest BCUT2D eigenvalue weighted by Gasteiger charge is -2.21. The third-order valence-corrected chi connectivity index (χ3v) is 6.52. The first-order valence-electron chi connectivity index (χ1n) is 10.6. The van der Waals surface area contributed by atoms with Crippen LogP contribution in [0.2, 0.25) is 0 Å². The molecule has 0 spiro atoms. The zero-order valence-corrected chi connectivity index (χ0v) is 19.2. The second-order valence-corrected chi connectivity index (χ2v) is 9.20. The van der Waals surface area contributed by atoms with Crippen LogP contribution >= 0.6 is 0 Å². The number of rotatable bonds is 11. The first kappa shape index (κ1) is 24.6. The quantitative estimate of drug-likeness (QED) is 0.533. The molecule has 0 heterocycles. The van der Waals surface area contributed by atoms with Gasteiger partial charge in [0.15, 0.2) is 0 Å². The molecule has 2 aromatic carbocycles. The van der Waals surface area contributed by atoms with Crippen molar-refractivity contribution in [3.05, 3.63) is 54.1 Å². The SMILES string of the molecule is CCCC(=O)Nc1ccc(C(=O)Nc2ccc(S(=O)(=O)N(CCC)CCC)cc2)cc1. The van der Waals surface area contributed by atoms with Gasteiger partial charge in [-0.25, -0.2) is 8.42 Å². The average Bonchev–Trinajstić information content (AvgIpc) is 2.74. The molecule has 168 valence electrons. The highest BCUT2D eigenvalue weighted by Crippen LogP contribution is 2.20. The lowest BCUT2D eigenvalue weighted by molar-refractivity contribution is -0.116. The number of carbonyl (C=O) groups excluding carboxylic acids is 2. The molecule has 2 aromatic rings. The van der Waals surface area contributed by atoms with E-state index in [1.807, 2.05) is 20.8 Å². The molecule has 0 saturated heterocycles. The molecule has 31 heavy (non-hydrogen) atoms. The molecular formula is C23H31N3O4S. The third kappa shape index (κ3) is 6.90. The fourth-order valence-corrected chi connectivity index (χ4v) is 4.69. The van der Waals surface area contributed by atoms with Crippen molar-refractivity contribution in [2.75, 3.05) is 23.7 Å². The highest BCUT2D eigenvalue weighted by molar-refractivity contribution is 7.89. The van der Waals surface area contributed by atoms with Crippen LogP contribution in [0, 0.1) is 0 Å². The van der Waals surface area contributed by atoms with E-state index in [1.54, 1.807) is 36.4 Å². The van der Waals surface area contributed by atoms with Gasteiger partial charge in [0, 0.05) is 36.4 Å². The van der Waals surface area contributed by atoms with Crippen LogP contribution in [0.15, 0.2) is 53.4 Å². The maximum Gasteiger partial charge on any atom is 0.255 e. The van der Waals surface area contributed by atoms with Gasteiger partial charge in [-0.15, -0.1) is 0 Å². The Morgan fingerprint density at radius 1 is 0.774 bits per heavy atom. The lowest BCUT2D eigenvalue weighted by Crippen LogP contribution is -2.32. The highest BCUT2D eigenvalue weighted by atomic mass is 32.2. The van der Waals surface area contributed by atoms with Crippen molar-refractivity contribution in [1.82, 2.24) is 4.31 Å². The van der Waals surface area contributed by atoms with Crippen LogP contribution < -0.4 is 10.6 Å². The maximum atomic E-state index is 12.8. The van der Waals surface area contributed by atoms with Gasteiger partial charge >= 0.3 is 0 Å². The zero-order chi connectivity index (χ0) is 22.9. The van der Waals surface area contributed by atoms with Gasteiger partial charge < -0.3 is 10.6 Å². The molecule has 2 amide bonds. The molecule has 0 radical (unpaired) electrons. The topological polar surface area (TPSA) is 95.6 Å². The van der Waals surface area contributed by atoms with E-state index < -0.39 is 10.0 Å². The van der Waals surface area contributed by atoms with Crippen LogP contribution in [0.4, 0.5) is 11.4 Å². The standard InChI is InChI=1S/C23H31N3O4S/c1-4-7-22(27)24-19-10-8-18(9-11-19)23(28)25-20-12-14-21(15-13-20)31(29,30)26(16-5-2)17-6-3/h8-15H,4-7,16-17H2,1-3H3,(H,24,27)(H,25,28). The number of hydrogen-bond acceptors (Lipinski definition) is 4. The molecule has 0 fully saturated rings. The van der Waals surface area contributed by atoms with E-state index in [0.29, 0.717) is 36.4 Å². The Balaban J connectivity index is 2.05. The summed E-state index contributed by atoms with van der Waals surface area (Å²) in [6.45, 7) is 6.78. The lowest BCUT2D eigenvalue weighted by atomic mass is 10.2. The number of nitrogens with zero attached hydrogens (tertiary/aromatic N) is 1. The van der Waals surface area contributed by atoms with Gasteiger partial charge in [-0.1, -0.05) is 20.8 Å². The Morgan fingerprint density at radius 3 is 1.81 bits per heavy atom. The molecule has 2 N–H and O–H groups in total. The second-order valence-electron chi connectivity index (χ2n) is 7.26. The molecule has 0 saturated carbocycles. The van der Waals surface area contributed by atoms with E-state index in [4.69, 9.17) is 0 Å². The van der Waals surface area contributed by atoms with E-state index in [-0.39, 0.29) is 16.7 Å². The van der Waals surface area contributed by atoms with E-state index in [1.165, 1.54) is 16.4 Å². The largest absolute Gasteiger partial charge is 0.326 e. The summed E-state index contributed by atoms with van der Waals surface area (Å²) in [5, 5.41) is 5.54. The predicted octanol–water partition coefficient (Wildman–Crippen LogP) is 4.49. The van der Waals surface area contributed by atoms with Gasteiger partial charge in [0.05, 0.1) is 4.90 Å². The predicted molar refractivity (Wildman–Crippen MR) is 124 cm³/mol. The minimum absolute atomic E-state index is 0.0637. The molecule has 0 aliphatic carbocycles. The second kappa shape index (κ2) is 11.6. The Morgan fingerprint density at radius 2 is 1.29 bits per heavy atom. The van der Waals surface area contributed by atoms with Crippen molar-refractivity contribution in [3.63, 3.8) is 0 Å². The van der Waals surface area contributed by atoms with Crippen LogP contribution in [-0.2, 0) is 14.8 Å². The molecule has 2 rings (SSSR count). The van der Waals surface area contributed by atoms with E-state index in [0.717, 1.165) is 19.3 Å². The first-order chi connectivity index (χ1) is 14.8. The van der Waals surface area contributed by atoms with Crippen molar-refractivity contribution < 1.29 is 18.0 Å².